The van der Waals surface area contributed by atoms with E-state index in [1.54, 1.807) is 4.68 Å². The van der Waals surface area contributed by atoms with Crippen LogP contribution in [-0.2, 0) is 0 Å². The van der Waals surface area contributed by atoms with Crippen molar-refractivity contribution in [1.82, 2.24) is 24.9 Å². The Morgan fingerprint density at radius 3 is 2.14 bits per heavy atom. The first-order valence-electron chi connectivity index (χ1n) is 9.18. The molecule has 144 valence electrons. The van der Waals surface area contributed by atoms with Crippen molar-refractivity contribution in [1.29, 1.82) is 0 Å². The summed E-state index contributed by atoms with van der Waals surface area (Å²) < 4.78 is 2.76. The predicted molar refractivity (Wildman–Crippen MR) is 111 cm³/mol. The van der Waals surface area contributed by atoms with Gasteiger partial charge in [-0.15, -0.1) is 10.2 Å². The van der Waals surface area contributed by atoms with Crippen molar-refractivity contribution in [2.24, 2.45) is 0 Å². The molecule has 3 heterocycles. The fraction of sp³-hybridized carbons (Fsp3) is 0.300. The normalized spacial score (nSPS) is 14.4. The lowest BCUT2D eigenvalue weighted by molar-refractivity contribution is 0.0746. The SMILES string of the molecule is Cc1cc(C)n(-c2ccc(N3CCN(C(=O)c4ccc(Br)cc4)CC3)nn2)n1. The van der Waals surface area contributed by atoms with Gasteiger partial charge < -0.3 is 9.80 Å². The lowest BCUT2D eigenvalue weighted by Crippen LogP contribution is -2.49. The number of benzene rings is 1. The Balaban J connectivity index is 1.40. The highest BCUT2D eigenvalue weighted by atomic mass is 79.9. The Bertz CT molecular complexity index is 975. The monoisotopic (exact) mass is 440 g/mol. The maximum atomic E-state index is 12.6. The Kier molecular flexibility index (Phi) is 5.13. The summed E-state index contributed by atoms with van der Waals surface area (Å²) in [7, 11) is 0. The van der Waals surface area contributed by atoms with Crippen molar-refractivity contribution in [2.75, 3.05) is 31.1 Å². The second kappa shape index (κ2) is 7.71. The first-order valence-corrected chi connectivity index (χ1v) is 9.98. The van der Waals surface area contributed by atoms with E-state index >= 15 is 0 Å². The lowest BCUT2D eigenvalue weighted by Gasteiger charge is -2.35. The van der Waals surface area contributed by atoms with E-state index in [1.165, 1.54) is 0 Å². The number of aryl methyl sites for hydroxylation is 2. The molecule has 28 heavy (non-hydrogen) atoms. The van der Waals surface area contributed by atoms with Crippen molar-refractivity contribution in [3.63, 3.8) is 0 Å². The number of hydrogen-bond acceptors (Lipinski definition) is 5. The smallest absolute Gasteiger partial charge is 0.253 e. The van der Waals surface area contributed by atoms with Gasteiger partial charge in [-0.25, -0.2) is 4.68 Å². The summed E-state index contributed by atoms with van der Waals surface area (Å²) in [4.78, 5) is 16.7. The summed E-state index contributed by atoms with van der Waals surface area (Å²) in [6, 6.07) is 13.4. The van der Waals surface area contributed by atoms with E-state index in [4.69, 9.17) is 0 Å². The molecule has 1 aliphatic rings. The van der Waals surface area contributed by atoms with Crippen molar-refractivity contribution < 1.29 is 4.79 Å². The number of hydrogen-bond donors (Lipinski definition) is 0. The molecule has 0 aliphatic carbocycles. The van der Waals surface area contributed by atoms with E-state index in [0.717, 1.165) is 34.8 Å². The minimum Gasteiger partial charge on any atom is -0.352 e. The molecule has 1 amide bonds. The van der Waals surface area contributed by atoms with Crippen LogP contribution in [0.15, 0.2) is 46.9 Å². The van der Waals surface area contributed by atoms with Gasteiger partial charge in [0.25, 0.3) is 5.91 Å². The van der Waals surface area contributed by atoms with Crippen molar-refractivity contribution in [2.45, 2.75) is 13.8 Å². The van der Waals surface area contributed by atoms with Gasteiger partial charge in [0, 0.05) is 41.9 Å². The zero-order chi connectivity index (χ0) is 19.7. The van der Waals surface area contributed by atoms with Crippen LogP contribution in [0.2, 0.25) is 0 Å². The predicted octanol–water partition coefficient (Wildman–Crippen LogP) is 3.00. The van der Waals surface area contributed by atoms with Gasteiger partial charge in [0.1, 0.15) is 0 Å². The first kappa shape index (κ1) is 18.6. The molecule has 0 N–H and O–H groups in total. The topological polar surface area (TPSA) is 67.2 Å². The standard InChI is InChI=1S/C20H21BrN6O/c1-14-13-15(2)27(24-14)19-8-7-18(22-23-19)25-9-11-26(12-10-25)20(28)16-3-5-17(21)6-4-16/h3-8,13H,9-12H2,1-2H3. The third-order valence-electron chi connectivity index (χ3n) is 4.85. The Morgan fingerprint density at radius 2 is 1.57 bits per heavy atom. The molecule has 0 saturated carbocycles. The zero-order valence-corrected chi connectivity index (χ0v) is 17.4. The van der Waals surface area contributed by atoms with Crippen molar-refractivity contribution >= 4 is 27.7 Å². The maximum absolute atomic E-state index is 12.6. The van der Waals surface area contributed by atoms with Gasteiger partial charge in [0.2, 0.25) is 0 Å². The third-order valence-corrected chi connectivity index (χ3v) is 5.37. The fourth-order valence-corrected chi connectivity index (χ4v) is 3.64. The van der Waals surface area contributed by atoms with Crippen LogP contribution < -0.4 is 4.90 Å². The van der Waals surface area contributed by atoms with E-state index in [9.17, 15) is 4.79 Å². The maximum Gasteiger partial charge on any atom is 0.253 e. The molecule has 4 rings (SSSR count). The van der Waals surface area contributed by atoms with E-state index in [2.05, 4.69) is 36.1 Å². The second-order valence-corrected chi connectivity index (χ2v) is 7.79. The molecule has 8 heteroatoms. The van der Waals surface area contributed by atoms with E-state index < -0.39 is 0 Å². The number of piperazine rings is 1. The Morgan fingerprint density at radius 1 is 0.929 bits per heavy atom. The van der Waals surface area contributed by atoms with E-state index in [0.29, 0.717) is 24.5 Å². The largest absolute Gasteiger partial charge is 0.352 e. The van der Waals surface area contributed by atoms with Gasteiger partial charge >= 0.3 is 0 Å². The summed E-state index contributed by atoms with van der Waals surface area (Å²) >= 11 is 3.40. The van der Waals surface area contributed by atoms with Gasteiger partial charge in [-0.3, -0.25) is 4.79 Å². The number of rotatable bonds is 3. The Hall–Kier alpha value is -2.74. The summed E-state index contributed by atoms with van der Waals surface area (Å²) in [5.74, 6) is 1.59. The number of amides is 1. The summed E-state index contributed by atoms with van der Waals surface area (Å²) in [6.07, 6.45) is 0. The average molecular weight is 441 g/mol. The van der Waals surface area contributed by atoms with Crippen LogP contribution in [0.3, 0.4) is 0 Å². The highest BCUT2D eigenvalue weighted by Gasteiger charge is 2.23. The quantitative estimate of drug-likeness (QED) is 0.625. The van der Waals surface area contributed by atoms with Crippen LogP contribution in [0.4, 0.5) is 5.82 Å². The van der Waals surface area contributed by atoms with Gasteiger partial charge in [-0.05, 0) is 56.3 Å². The molecule has 7 nitrogen and oxygen atoms in total. The number of carbonyl (C=O) groups is 1. The van der Waals surface area contributed by atoms with E-state index in [-0.39, 0.29) is 5.91 Å². The third kappa shape index (κ3) is 3.77. The number of carbonyl (C=O) groups excluding carboxylic acids is 1. The fourth-order valence-electron chi connectivity index (χ4n) is 3.37. The number of anilines is 1. The molecule has 0 radical (unpaired) electrons. The molecule has 1 fully saturated rings. The molecule has 0 bridgehead atoms. The van der Waals surface area contributed by atoms with Gasteiger partial charge in [-0.1, -0.05) is 15.9 Å². The number of halogens is 1. The highest BCUT2D eigenvalue weighted by molar-refractivity contribution is 9.10. The molecule has 1 aromatic carbocycles. The van der Waals surface area contributed by atoms with E-state index in [1.807, 2.05) is 61.2 Å². The van der Waals surface area contributed by atoms with Crippen LogP contribution in [0, 0.1) is 13.8 Å². The number of nitrogens with zero attached hydrogens (tertiary/aromatic N) is 6. The average Bonchev–Trinajstić information content (AvgIpc) is 3.06. The van der Waals surface area contributed by atoms with Crippen LogP contribution >= 0.6 is 15.9 Å². The second-order valence-electron chi connectivity index (χ2n) is 6.87. The summed E-state index contributed by atoms with van der Waals surface area (Å²) in [5.41, 5.74) is 2.69. The summed E-state index contributed by atoms with van der Waals surface area (Å²) in [5, 5.41) is 13.1. The van der Waals surface area contributed by atoms with Crippen molar-refractivity contribution in [3.05, 3.63) is 63.9 Å². The molecule has 1 saturated heterocycles. The lowest BCUT2D eigenvalue weighted by atomic mass is 10.2. The minimum absolute atomic E-state index is 0.0677. The van der Waals surface area contributed by atoms with Crippen molar-refractivity contribution in [3.8, 4) is 5.82 Å². The van der Waals surface area contributed by atoms with Gasteiger partial charge in [-0.2, -0.15) is 5.10 Å². The number of aromatic nitrogens is 4. The molecular weight excluding hydrogens is 420 g/mol. The van der Waals surface area contributed by atoms with Crippen LogP contribution in [-0.4, -0.2) is 57.0 Å². The van der Waals surface area contributed by atoms with Crippen LogP contribution in [0.5, 0.6) is 0 Å². The molecular formula is C20H21BrN6O. The van der Waals surface area contributed by atoms with Crippen LogP contribution in [0.1, 0.15) is 21.7 Å². The van der Waals surface area contributed by atoms with Gasteiger partial charge in [0.15, 0.2) is 11.6 Å². The zero-order valence-electron chi connectivity index (χ0n) is 15.8. The van der Waals surface area contributed by atoms with Gasteiger partial charge in [0.05, 0.1) is 5.69 Å². The highest BCUT2D eigenvalue weighted by Crippen LogP contribution is 2.17. The Labute approximate surface area is 172 Å². The molecule has 0 spiro atoms. The molecule has 0 atom stereocenters. The molecule has 0 unspecified atom stereocenters. The minimum atomic E-state index is 0.0677. The van der Waals surface area contributed by atoms with Crippen LogP contribution in [0.25, 0.3) is 5.82 Å². The molecule has 1 aliphatic heterocycles. The summed E-state index contributed by atoms with van der Waals surface area (Å²) in [6.45, 7) is 6.75. The molecule has 2 aromatic heterocycles. The first-order chi connectivity index (χ1) is 13.5. The molecule has 3 aromatic rings.